The lowest BCUT2D eigenvalue weighted by molar-refractivity contribution is -0.384. The van der Waals surface area contributed by atoms with Gasteiger partial charge in [-0.3, -0.25) is 29.6 Å². The Morgan fingerprint density at radius 2 is 2.04 bits per heavy atom. The number of aliphatic hydroxyl groups excluding tert-OH is 1. The third kappa shape index (κ3) is 3.81. The topological polar surface area (TPSA) is 148 Å². The fourth-order valence-electron chi connectivity index (χ4n) is 2.82. The van der Waals surface area contributed by atoms with E-state index in [0.29, 0.717) is 16.6 Å². The van der Waals surface area contributed by atoms with Crippen LogP contribution >= 0.6 is 0 Å². The molecule has 1 heterocycles. The van der Waals surface area contributed by atoms with E-state index in [1.54, 1.807) is 18.2 Å². The van der Waals surface area contributed by atoms with Gasteiger partial charge in [0.05, 0.1) is 22.4 Å². The third-order valence-corrected chi connectivity index (χ3v) is 4.03. The molecular formula is C18H16N4O6. The van der Waals surface area contributed by atoms with Crippen molar-refractivity contribution in [2.24, 2.45) is 0 Å². The molecule has 1 atom stereocenters. The Balaban J connectivity index is 1.99. The number of fused-ring (bicyclic) bond motifs is 1. The highest BCUT2D eigenvalue weighted by Gasteiger charge is 2.19. The maximum absolute atomic E-state index is 12.5. The number of anilines is 1. The molecule has 0 bridgehead atoms. The van der Waals surface area contributed by atoms with Gasteiger partial charge in [0.1, 0.15) is 6.23 Å². The number of aliphatic hydroxyl groups is 1. The summed E-state index contributed by atoms with van der Waals surface area (Å²) in [5.41, 5.74) is 1.24. The molecule has 0 aliphatic heterocycles. The summed E-state index contributed by atoms with van der Waals surface area (Å²) in [5.74, 6) is -1.60. The first-order valence-electron chi connectivity index (χ1n) is 8.23. The molecule has 10 heteroatoms. The van der Waals surface area contributed by atoms with E-state index in [0.717, 1.165) is 6.07 Å². The zero-order chi connectivity index (χ0) is 20.4. The van der Waals surface area contributed by atoms with Gasteiger partial charge >= 0.3 is 5.97 Å². The van der Waals surface area contributed by atoms with E-state index in [1.165, 1.54) is 29.7 Å². The van der Waals surface area contributed by atoms with Crippen molar-refractivity contribution in [1.29, 1.82) is 0 Å². The van der Waals surface area contributed by atoms with Crippen LogP contribution < -0.4 is 5.32 Å². The lowest BCUT2D eigenvalue weighted by atomic mass is 10.1. The minimum Gasteiger partial charge on any atom is -0.481 e. The summed E-state index contributed by atoms with van der Waals surface area (Å²) in [6.45, 7) is 1.47. The second kappa shape index (κ2) is 7.45. The van der Waals surface area contributed by atoms with Crippen LogP contribution in [0.4, 0.5) is 11.6 Å². The lowest BCUT2D eigenvalue weighted by Crippen LogP contribution is -2.17. The monoisotopic (exact) mass is 384 g/mol. The number of hydrogen-bond acceptors (Lipinski definition) is 6. The smallest absolute Gasteiger partial charge is 0.307 e. The Bertz CT molecular complexity index is 1090. The molecule has 0 spiro atoms. The molecule has 0 saturated heterocycles. The van der Waals surface area contributed by atoms with Crippen LogP contribution in [0.15, 0.2) is 42.5 Å². The first kappa shape index (κ1) is 19.0. The van der Waals surface area contributed by atoms with E-state index in [2.05, 4.69) is 10.3 Å². The third-order valence-electron chi connectivity index (χ3n) is 4.03. The quantitative estimate of drug-likeness (QED) is 0.436. The number of carbonyl (C=O) groups excluding carboxylic acids is 1. The van der Waals surface area contributed by atoms with Gasteiger partial charge in [0.15, 0.2) is 0 Å². The summed E-state index contributed by atoms with van der Waals surface area (Å²) in [7, 11) is 0. The van der Waals surface area contributed by atoms with Gasteiger partial charge < -0.3 is 10.2 Å². The largest absolute Gasteiger partial charge is 0.481 e. The summed E-state index contributed by atoms with van der Waals surface area (Å²) in [6, 6.07) is 9.98. The normalized spacial score (nSPS) is 11.9. The molecule has 3 N–H and O–H groups in total. The number of carboxylic acid groups (broad SMARTS) is 1. The van der Waals surface area contributed by atoms with Crippen molar-refractivity contribution in [3.63, 3.8) is 0 Å². The standard InChI is InChI=1S/C18H16N4O6/c1-10(23)21-15-7-11(8-16(24)25)5-6-14(15)19-18(21)20-17(26)12-3-2-4-13(9-12)22(27)28/h2-7,9-10,23H,8H2,1H3,(H,24,25)(H,19,20,26). The number of nitrogens with one attached hydrogen (secondary N) is 1. The number of carboxylic acids is 1. The van der Waals surface area contributed by atoms with Crippen LogP contribution in [0.1, 0.15) is 29.1 Å². The number of carbonyl (C=O) groups is 2. The molecule has 10 nitrogen and oxygen atoms in total. The number of non-ortho nitro benzene ring substituents is 1. The van der Waals surface area contributed by atoms with E-state index in [4.69, 9.17) is 5.11 Å². The van der Waals surface area contributed by atoms with Crippen LogP contribution in [-0.2, 0) is 11.2 Å². The minimum atomic E-state index is -1.06. The van der Waals surface area contributed by atoms with E-state index < -0.39 is 23.0 Å². The lowest BCUT2D eigenvalue weighted by Gasteiger charge is -2.13. The highest BCUT2D eigenvalue weighted by molar-refractivity contribution is 6.04. The number of benzene rings is 2. The van der Waals surface area contributed by atoms with Crippen LogP contribution in [0.5, 0.6) is 0 Å². The van der Waals surface area contributed by atoms with E-state index in [9.17, 15) is 24.8 Å². The Kier molecular flexibility index (Phi) is 5.05. The van der Waals surface area contributed by atoms with Crippen molar-refractivity contribution in [3.8, 4) is 0 Å². The van der Waals surface area contributed by atoms with Crippen LogP contribution in [0.25, 0.3) is 11.0 Å². The number of aromatic nitrogens is 2. The predicted octanol–water partition coefficient (Wildman–Crippen LogP) is 2.33. The van der Waals surface area contributed by atoms with Gasteiger partial charge in [0, 0.05) is 17.7 Å². The van der Waals surface area contributed by atoms with Crippen LogP contribution in [0.2, 0.25) is 0 Å². The van der Waals surface area contributed by atoms with Gasteiger partial charge in [-0.05, 0) is 30.7 Å². The summed E-state index contributed by atoms with van der Waals surface area (Å²) < 4.78 is 1.34. The summed E-state index contributed by atoms with van der Waals surface area (Å²) in [5, 5.41) is 32.5. The van der Waals surface area contributed by atoms with Gasteiger partial charge in [-0.2, -0.15) is 0 Å². The fourth-order valence-corrected chi connectivity index (χ4v) is 2.82. The van der Waals surface area contributed by atoms with Gasteiger partial charge in [-0.15, -0.1) is 0 Å². The van der Waals surface area contributed by atoms with E-state index in [1.807, 2.05) is 0 Å². The van der Waals surface area contributed by atoms with Gasteiger partial charge in [-0.1, -0.05) is 12.1 Å². The Labute approximate surface area is 158 Å². The first-order chi connectivity index (χ1) is 13.3. The number of nitro groups is 1. The summed E-state index contributed by atoms with van der Waals surface area (Å²) in [4.78, 5) is 38.0. The van der Waals surface area contributed by atoms with Crippen molar-refractivity contribution in [1.82, 2.24) is 9.55 Å². The van der Waals surface area contributed by atoms with Gasteiger partial charge in [0.25, 0.3) is 11.6 Å². The Hall–Kier alpha value is -3.79. The van der Waals surface area contributed by atoms with Crippen molar-refractivity contribution in [2.45, 2.75) is 19.6 Å². The number of rotatable bonds is 6. The molecule has 0 fully saturated rings. The molecule has 3 rings (SSSR count). The number of nitrogens with zero attached hydrogens (tertiary/aromatic N) is 3. The minimum absolute atomic E-state index is 0.0361. The number of amides is 1. The molecule has 1 amide bonds. The molecule has 3 aromatic rings. The predicted molar refractivity (Wildman–Crippen MR) is 99.1 cm³/mol. The molecule has 1 unspecified atom stereocenters. The molecule has 2 aromatic carbocycles. The van der Waals surface area contributed by atoms with Gasteiger partial charge in [-0.25, -0.2) is 4.98 Å². The summed E-state index contributed by atoms with van der Waals surface area (Å²) >= 11 is 0. The molecule has 1 aromatic heterocycles. The first-order valence-corrected chi connectivity index (χ1v) is 8.23. The number of nitro benzene ring substituents is 1. The Morgan fingerprint density at radius 3 is 2.68 bits per heavy atom. The van der Waals surface area contributed by atoms with Crippen molar-refractivity contribution >= 4 is 34.5 Å². The fraction of sp³-hybridized carbons (Fsp3) is 0.167. The second-order valence-electron chi connectivity index (χ2n) is 6.09. The molecule has 144 valence electrons. The molecular weight excluding hydrogens is 368 g/mol. The number of imidazole rings is 1. The average Bonchev–Trinajstić information content (AvgIpc) is 2.98. The van der Waals surface area contributed by atoms with Crippen LogP contribution in [-0.4, -0.2) is 36.6 Å². The van der Waals surface area contributed by atoms with Crippen molar-refractivity contribution in [2.75, 3.05) is 5.32 Å². The SMILES string of the molecule is CC(O)n1c(NC(=O)c2cccc([N+](=O)[O-])c2)nc2ccc(CC(=O)O)cc21. The van der Waals surface area contributed by atoms with Gasteiger partial charge in [0.2, 0.25) is 5.95 Å². The van der Waals surface area contributed by atoms with E-state index >= 15 is 0 Å². The van der Waals surface area contributed by atoms with Crippen LogP contribution in [0.3, 0.4) is 0 Å². The average molecular weight is 384 g/mol. The maximum atomic E-state index is 12.5. The van der Waals surface area contributed by atoms with Crippen molar-refractivity contribution < 1.29 is 24.7 Å². The zero-order valence-corrected chi connectivity index (χ0v) is 14.7. The molecule has 0 radical (unpaired) electrons. The molecule has 0 aliphatic carbocycles. The second-order valence-corrected chi connectivity index (χ2v) is 6.09. The number of aliphatic carboxylic acids is 1. The number of hydrogen-bond donors (Lipinski definition) is 3. The van der Waals surface area contributed by atoms with E-state index in [-0.39, 0.29) is 23.6 Å². The highest BCUT2D eigenvalue weighted by Crippen LogP contribution is 2.25. The van der Waals surface area contributed by atoms with Crippen molar-refractivity contribution in [3.05, 3.63) is 63.7 Å². The molecule has 0 saturated carbocycles. The van der Waals surface area contributed by atoms with Crippen LogP contribution in [0, 0.1) is 10.1 Å². The zero-order valence-electron chi connectivity index (χ0n) is 14.7. The summed E-state index contributed by atoms with van der Waals surface area (Å²) in [6.07, 6.45) is -1.26. The molecule has 28 heavy (non-hydrogen) atoms. The Morgan fingerprint density at radius 1 is 1.29 bits per heavy atom. The molecule has 0 aliphatic rings. The maximum Gasteiger partial charge on any atom is 0.307 e. The highest BCUT2D eigenvalue weighted by atomic mass is 16.6.